The average molecular weight is 410 g/mol. The van der Waals surface area contributed by atoms with E-state index in [0.29, 0.717) is 28.1 Å². The maximum atomic E-state index is 11.5. The second-order valence-corrected chi connectivity index (χ2v) is 8.12. The standard InChI is InChI=1S/C22H23N3O3S/c1-15(26)17-6-5-9-20(12-17)28-13-19(27)14-29-22-23-21(16-10-11-16)25(24-22)18-7-3-2-4-8-18/h2-9,12,16,19,27H,10-11,13-14H2,1H3/t19-/m1/s1. The Bertz CT molecular complexity index is 986. The maximum Gasteiger partial charge on any atom is 0.209 e. The predicted molar refractivity (Wildman–Crippen MR) is 112 cm³/mol. The lowest BCUT2D eigenvalue weighted by Crippen LogP contribution is -2.20. The Hall–Kier alpha value is -2.64. The molecule has 1 N–H and O–H groups in total. The monoisotopic (exact) mass is 409 g/mol. The minimum atomic E-state index is -0.672. The first-order valence-electron chi connectivity index (χ1n) is 9.67. The second-order valence-electron chi connectivity index (χ2n) is 7.13. The van der Waals surface area contributed by atoms with E-state index in [2.05, 4.69) is 5.10 Å². The number of benzene rings is 2. The molecule has 0 aliphatic heterocycles. The van der Waals surface area contributed by atoms with Gasteiger partial charge in [0, 0.05) is 17.2 Å². The number of para-hydroxylation sites is 1. The lowest BCUT2D eigenvalue weighted by Gasteiger charge is -2.11. The summed E-state index contributed by atoms with van der Waals surface area (Å²) in [6, 6.07) is 17.0. The van der Waals surface area contributed by atoms with Gasteiger partial charge in [0.15, 0.2) is 5.78 Å². The number of rotatable bonds is 9. The van der Waals surface area contributed by atoms with Crippen LogP contribution < -0.4 is 4.74 Å². The zero-order valence-electron chi connectivity index (χ0n) is 16.2. The van der Waals surface area contributed by atoms with Crippen molar-refractivity contribution >= 4 is 17.5 Å². The third-order valence-electron chi connectivity index (χ3n) is 4.64. The van der Waals surface area contributed by atoms with Gasteiger partial charge in [0.25, 0.3) is 0 Å². The molecule has 1 aliphatic rings. The first-order chi connectivity index (χ1) is 14.1. The van der Waals surface area contributed by atoms with Crippen LogP contribution in [0.15, 0.2) is 59.8 Å². The van der Waals surface area contributed by atoms with Gasteiger partial charge in [0.1, 0.15) is 18.2 Å². The molecule has 29 heavy (non-hydrogen) atoms. The van der Waals surface area contributed by atoms with Gasteiger partial charge < -0.3 is 9.84 Å². The second kappa shape index (κ2) is 8.80. The smallest absolute Gasteiger partial charge is 0.209 e. The summed E-state index contributed by atoms with van der Waals surface area (Å²) in [5.74, 6) is 2.45. The molecule has 1 fully saturated rings. The summed E-state index contributed by atoms with van der Waals surface area (Å²) in [6.45, 7) is 1.66. The zero-order valence-corrected chi connectivity index (χ0v) is 17.0. The van der Waals surface area contributed by atoms with E-state index < -0.39 is 6.10 Å². The Morgan fingerprint density at radius 2 is 2.03 bits per heavy atom. The first kappa shape index (κ1) is 19.7. The molecule has 1 aliphatic carbocycles. The van der Waals surface area contributed by atoms with E-state index in [-0.39, 0.29) is 12.4 Å². The highest BCUT2D eigenvalue weighted by Crippen LogP contribution is 2.40. The SMILES string of the molecule is CC(=O)c1cccc(OC[C@@H](O)CSc2nc(C3CC3)n(-c3ccccc3)n2)c1. The Balaban J connectivity index is 1.35. The molecule has 2 aromatic carbocycles. The van der Waals surface area contributed by atoms with E-state index in [4.69, 9.17) is 9.72 Å². The lowest BCUT2D eigenvalue weighted by molar-refractivity contribution is 0.101. The van der Waals surface area contributed by atoms with Gasteiger partial charge in [-0.2, -0.15) is 0 Å². The Morgan fingerprint density at radius 3 is 2.76 bits per heavy atom. The summed E-state index contributed by atoms with van der Waals surface area (Å²) in [5.41, 5.74) is 1.60. The molecule has 0 amide bonds. The maximum absolute atomic E-state index is 11.5. The molecule has 4 rings (SSSR count). The van der Waals surface area contributed by atoms with Crippen molar-refractivity contribution in [3.05, 3.63) is 66.0 Å². The summed E-state index contributed by atoms with van der Waals surface area (Å²) < 4.78 is 7.54. The number of aromatic nitrogens is 3. The Morgan fingerprint density at radius 1 is 1.24 bits per heavy atom. The molecule has 0 saturated heterocycles. The van der Waals surface area contributed by atoms with Gasteiger partial charge in [-0.15, -0.1) is 5.10 Å². The normalized spacial score (nSPS) is 14.6. The average Bonchev–Trinajstić information content (AvgIpc) is 3.50. The van der Waals surface area contributed by atoms with E-state index >= 15 is 0 Å². The van der Waals surface area contributed by atoms with E-state index in [1.54, 1.807) is 24.3 Å². The van der Waals surface area contributed by atoms with Crippen LogP contribution in [0.25, 0.3) is 5.69 Å². The van der Waals surface area contributed by atoms with E-state index in [1.807, 2.05) is 35.0 Å². The molecule has 0 radical (unpaired) electrons. The van der Waals surface area contributed by atoms with Crippen LogP contribution in [0.3, 0.4) is 0 Å². The van der Waals surface area contributed by atoms with Crippen molar-refractivity contribution in [1.82, 2.24) is 14.8 Å². The van der Waals surface area contributed by atoms with Crippen molar-refractivity contribution in [3.63, 3.8) is 0 Å². The number of ether oxygens (including phenoxy) is 1. The van der Waals surface area contributed by atoms with Crippen LogP contribution in [0, 0.1) is 0 Å². The molecule has 1 aromatic heterocycles. The third-order valence-corrected chi connectivity index (χ3v) is 5.63. The molecule has 3 aromatic rings. The number of nitrogens with zero attached hydrogens (tertiary/aromatic N) is 3. The molecule has 0 unspecified atom stereocenters. The zero-order chi connectivity index (χ0) is 20.2. The quantitative estimate of drug-likeness (QED) is 0.427. The molecule has 0 spiro atoms. The highest BCUT2D eigenvalue weighted by Gasteiger charge is 2.30. The van der Waals surface area contributed by atoms with E-state index in [1.165, 1.54) is 18.7 Å². The van der Waals surface area contributed by atoms with Gasteiger partial charge in [-0.1, -0.05) is 42.1 Å². The lowest BCUT2D eigenvalue weighted by atomic mass is 10.1. The van der Waals surface area contributed by atoms with Gasteiger partial charge in [0.2, 0.25) is 5.16 Å². The van der Waals surface area contributed by atoms with Crippen LogP contribution >= 0.6 is 11.8 Å². The molecular weight excluding hydrogens is 386 g/mol. The van der Waals surface area contributed by atoms with Crippen molar-refractivity contribution in [1.29, 1.82) is 0 Å². The highest BCUT2D eigenvalue weighted by molar-refractivity contribution is 7.99. The number of Topliss-reactive ketones (excluding diaryl/α,β-unsaturated/α-hetero) is 1. The number of carbonyl (C=O) groups is 1. The first-order valence-corrected chi connectivity index (χ1v) is 10.7. The predicted octanol–water partition coefficient (Wildman–Crippen LogP) is 3.88. The molecule has 7 heteroatoms. The van der Waals surface area contributed by atoms with Gasteiger partial charge >= 0.3 is 0 Å². The minimum absolute atomic E-state index is 0.0157. The summed E-state index contributed by atoms with van der Waals surface area (Å²) in [7, 11) is 0. The summed E-state index contributed by atoms with van der Waals surface area (Å²) in [4.78, 5) is 16.2. The van der Waals surface area contributed by atoms with Gasteiger partial charge in [-0.3, -0.25) is 4.79 Å². The van der Waals surface area contributed by atoms with Crippen molar-refractivity contribution < 1.29 is 14.6 Å². The number of aliphatic hydroxyl groups is 1. The van der Waals surface area contributed by atoms with E-state index in [0.717, 1.165) is 24.4 Å². The summed E-state index contributed by atoms with van der Waals surface area (Å²) in [6.07, 6.45) is 1.62. The largest absolute Gasteiger partial charge is 0.491 e. The van der Waals surface area contributed by atoms with Gasteiger partial charge in [-0.25, -0.2) is 9.67 Å². The van der Waals surface area contributed by atoms with Crippen LogP contribution in [0.5, 0.6) is 5.75 Å². The molecule has 1 heterocycles. The van der Waals surface area contributed by atoms with Gasteiger partial charge in [0.05, 0.1) is 11.8 Å². The van der Waals surface area contributed by atoms with Gasteiger partial charge in [-0.05, 0) is 44.0 Å². The summed E-state index contributed by atoms with van der Waals surface area (Å²) in [5, 5.41) is 15.6. The van der Waals surface area contributed by atoms with Crippen LogP contribution in [0.1, 0.15) is 41.9 Å². The number of aliphatic hydroxyl groups excluding tert-OH is 1. The summed E-state index contributed by atoms with van der Waals surface area (Å²) >= 11 is 1.42. The fourth-order valence-corrected chi connectivity index (χ4v) is 3.68. The molecule has 1 saturated carbocycles. The van der Waals surface area contributed by atoms with Crippen LogP contribution in [0.4, 0.5) is 0 Å². The minimum Gasteiger partial charge on any atom is -0.491 e. The molecule has 1 atom stereocenters. The van der Waals surface area contributed by atoms with E-state index in [9.17, 15) is 9.90 Å². The third kappa shape index (κ3) is 5.05. The van der Waals surface area contributed by atoms with Crippen molar-refractivity contribution in [2.75, 3.05) is 12.4 Å². The fraction of sp³-hybridized carbons (Fsp3) is 0.318. The Labute approximate surface area is 173 Å². The van der Waals surface area contributed by atoms with Crippen LogP contribution in [-0.2, 0) is 0 Å². The molecule has 150 valence electrons. The topological polar surface area (TPSA) is 77.2 Å². The molecule has 0 bridgehead atoms. The number of hydrogen-bond donors (Lipinski definition) is 1. The fourth-order valence-electron chi connectivity index (χ4n) is 2.95. The Kier molecular flexibility index (Phi) is 5.97. The van der Waals surface area contributed by atoms with Crippen LogP contribution in [-0.4, -0.2) is 44.1 Å². The molecule has 6 nitrogen and oxygen atoms in total. The van der Waals surface area contributed by atoms with Crippen molar-refractivity contribution in [2.45, 2.75) is 36.9 Å². The number of carbonyl (C=O) groups excluding carboxylic acids is 1. The van der Waals surface area contributed by atoms with Crippen LogP contribution in [0.2, 0.25) is 0 Å². The van der Waals surface area contributed by atoms with Crippen molar-refractivity contribution in [3.8, 4) is 11.4 Å². The van der Waals surface area contributed by atoms with Crippen molar-refractivity contribution in [2.24, 2.45) is 0 Å². The highest BCUT2D eigenvalue weighted by atomic mass is 32.2. The number of hydrogen-bond acceptors (Lipinski definition) is 6. The molecular formula is C22H23N3O3S. The number of thioether (sulfide) groups is 1. The number of ketones is 1.